The number of nitrogens with one attached hydrogen (secondary N) is 9. The van der Waals surface area contributed by atoms with Gasteiger partial charge in [0, 0.05) is 32.4 Å². The van der Waals surface area contributed by atoms with E-state index >= 15 is 0 Å². The van der Waals surface area contributed by atoms with E-state index in [9.17, 15) is 77.6 Å². The van der Waals surface area contributed by atoms with Gasteiger partial charge in [0.15, 0.2) is 0 Å². The first-order valence-corrected chi connectivity index (χ1v) is 31.4. The molecule has 16 N–H and O–H groups in total. The quantitative estimate of drug-likeness (QED) is 0.0360. The second-order valence-electron chi connectivity index (χ2n) is 24.7. The van der Waals surface area contributed by atoms with Crippen molar-refractivity contribution in [3.05, 3.63) is 65.7 Å². The highest BCUT2D eigenvalue weighted by Gasteiger charge is 2.42. The first-order valence-electron chi connectivity index (χ1n) is 31.4. The molecule has 0 bridgehead atoms. The Balaban J connectivity index is 1.56. The second kappa shape index (κ2) is 36.9. The summed E-state index contributed by atoms with van der Waals surface area (Å²) in [6.07, 6.45) is 0.741. The van der Waals surface area contributed by atoms with Crippen LogP contribution in [0.25, 0.3) is 0 Å². The number of benzene rings is 2. The smallest absolute Gasteiger partial charge is 0.326 e. The zero-order valence-corrected chi connectivity index (χ0v) is 53.8. The Morgan fingerprint density at radius 1 is 0.565 bits per heavy atom. The van der Waals surface area contributed by atoms with Crippen LogP contribution in [0.1, 0.15) is 124 Å². The molecular formula is C63H95N13O16. The third-order valence-corrected chi connectivity index (χ3v) is 16.1. The molecule has 0 radical (unpaired) electrons. The van der Waals surface area contributed by atoms with E-state index in [0.29, 0.717) is 43.4 Å². The number of primary amides is 1. The lowest BCUT2D eigenvalue weighted by atomic mass is 9.99. The van der Waals surface area contributed by atoms with Gasteiger partial charge in [-0.3, -0.25) is 57.5 Å². The molecule has 2 heterocycles. The van der Waals surface area contributed by atoms with E-state index in [2.05, 4.69) is 47.9 Å². The van der Waals surface area contributed by atoms with Gasteiger partial charge in [0.2, 0.25) is 70.9 Å². The predicted octanol–water partition coefficient (Wildman–Crippen LogP) is -1.75. The average molecular weight is 1290 g/mol. The van der Waals surface area contributed by atoms with Gasteiger partial charge in [-0.2, -0.15) is 0 Å². The topological polar surface area (TPSA) is 449 Å². The Morgan fingerprint density at radius 3 is 1.57 bits per heavy atom. The van der Waals surface area contributed by atoms with Gasteiger partial charge < -0.3 is 84.4 Å². The highest BCUT2D eigenvalue weighted by molar-refractivity contribution is 5.99. The molecule has 4 rings (SSSR count). The molecule has 92 heavy (non-hydrogen) atoms. The number of nitrogens with two attached hydrogens (primary N) is 2. The Labute approximate surface area is 536 Å². The lowest BCUT2D eigenvalue weighted by molar-refractivity contribution is -0.144. The van der Waals surface area contributed by atoms with Crippen LogP contribution >= 0.6 is 0 Å². The van der Waals surface area contributed by atoms with Crippen molar-refractivity contribution >= 4 is 76.9 Å². The molecule has 2 aromatic carbocycles. The zero-order valence-electron chi connectivity index (χ0n) is 53.8. The lowest BCUT2D eigenvalue weighted by Gasteiger charge is -2.32. The number of aliphatic carboxylic acids is 1. The molecule has 2 saturated heterocycles. The van der Waals surface area contributed by atoms with Crippen molar-refractivity contribution in [2.45, 2.75) is 186 Å². The van der Waals surface area contributed by atoms with Crippen LogP contribution in [0.5, 0.6) is 5.75 Å². The van der Waals surface area contributed by atoms with Gasteiger partial charge in [0.1, 0.15) is 66.2 Å². The second-order valence-corrected chi connectivity index (χ2v) is 24.7. The predicted molar refractivity (Wildman–Crippen MR) is 335 cm³/mol. The number of nitrogens with zero attached hydrogens (tertiary/aromatic N) is 2. The van der Waals surface area contributed by atoms with Crippen LogP contribution in [0, 0.1) is 23.7 Å². The summed E-state index contributed by atoms with van der Waals surface area (Å²) in [5, 5.41) is 53.5. The summed E-state index contributed by atoms with van der Waals surface area (Å²) in [6.45, 7) is 12.3. The number of carboxylic acids is 1. The molecule has 0 spiro atoms. The fraction of sp³-hybridized carbons (Fsp3) is 0.603. The molecule has 11 atom stereocenters. The van der Waals surface area contributed by atoms with Gasteiger partial charge in [0.25, 0.3) is 0 Å². The van der Waals surface area contributed by atoms with Crippen LogP contribution in [0.15, 0.2) is 54.6 Å². The fourth-order valence-corrected chi connectivity index (χ4v) is 10.8. The van der Waals surface area contributed by atoms with Crippen molar-refractivity contribution in [1.82, 2.24) is 57.7 Å². The number of aliphatic hydroxyl groups excluding tert-OH is 1. The van der Waals surface area contributed by atoms with Crippen molar-refractivity contribution in [2.24, 2.45) is 35.1 Å². The molecule has 0 unspecified atom stereocenters. The maximum Gasteiger partial charge on any atom is 0.326 e. The number of likely N-dealkylation sites (tertiary alicyclic amines) is 2. The average Bonchev–Trinajstić information content (AvgIpc) is 1.60. The standard InChI is InChI=1S/C63H95N13O16/c1-9-37(8)53(63(91)92)73-50(80)32-66-61(89)52(36(6)7)74-57(85)44(29-38-15-11-10-12-16-38)69-54(82)41(23-24-49(65)79)67-55(83)42(27-34(2)3)68-56(84)43(30-39-19-21-40(78)22-20-39)70-58(86)46(33-77)72-60(88)48-18-14-26-76(48)62(90)45(28-35(4)5)71-59(87)47-17-13-25-75(47)51(81)31-64/h10-12,15-16,19-22,34-37,41-48,52-53,77-78H,9,13-14,17-18,23-33,64H2,1-8H3,(H2,65,79)(H,66,89)(H,67,83)(H,68,84)(H,69,82)(H,70,86)(H,71,87)(H,72,88)(H,73,80)(H,74,85)(H,91,92)/t37-,41-,42-,43-,44-,45-,46-,47-,48-,52-,53-/m0/s1. The number of carboxylic acid groups (broad SMARTS) is 1. The van der Waals surface area contributed by atoms with Crippen molar-refractivity contribution < 1.29 is 77.6 Å². The number of phenols is 1. The molecule has 2 aliphatic heterocycles. The number of aromatic hydroxyl groups is 1. The highest BCUT2D eigenvalue weighted by Crippen LogP contribution is 2.23. The van der Waals surface area contributed by atoms with Gasteiger partial charge in [0.05, 0.1) is 19.7 Å². The van der Waals surface area contributed by atoms with E-state index in [-0.39, 0.29) is 62.8 Å². The summed E-state index contributed by atoms with van der Waals surface area (Å²) in [4.78, 5) is 180. The van der Waals surface area contributed by atoms with E-state index in [0.717, 1.165) is 0 Å². The molecule has 12 amide bonds. The third-order valence-electron chi connectivity index (χ3n) is 16.1. The number of hydrogen-bond acceptors (Lipinski definition) is 16. The van der Waals surface area contributed by atoms with Crippen molar-refractivity contribution in [3.8, 4) is 5.75 Å². The minimum absolute atomic E-state index is 0.0699. The molecule has 2 aliphatic rings. The van der Waals surface area contributed by atoms with E-state index in [1.54, 1.807) is 71.9 Å². The van der Waals surface area contributed by atoms with E-state index < -0.39 is 175 Å². The summed E-state index contributed by atoms with van der Waals surface area (Å²) < 4.78 is 0. The Bertz CT molecular complexity index is 2900. The van der Waals surface area contributed by atoms with E-state index in [4.69, 9.17) is 11.5 Å². The Hall–Kier alpha value is -8.73. The molecule has 0 aromatic heterocycles. The molecule has 508 valence electrons. The summed E-state index contributed by atoms with van der Waals surface area (Å²) in [7, 11) is 0. The maximum absolute atomic E-state index is 14.6. The van der Waals surface area contributed by atoms with Crippen LogP contribution in [-0.2, 0) is 75.2 Å². The first-order chi connectivity index (χ1) is 43.5. The minimum Gasteiger partial charge on any atom is -0.508 e. The number of amides is 12. The molecule has 0 saturated carbocycles. The minimum atomic E-state index is -1.71. The normalized spacial score (nSPS) is 17.5. The number of hydrogen-bond donors (Lipinski definition) is 14. The first kappa shape index (κ1) is 75.7. The monoisotopic (exact) mass is 1290 g/mol. The van der Waals surface area contributed by atoms with Gasteiger partial charge >= 0.3 is 5.97 Å². The molecular weight excluding hydrogens is 1190 g/mol. The van der Waals surface area contributed by atoms with Gasteiger partial charge in [-0.1, -0.05) is 104 Å². The SMILES string of the molecule is CC[C@H](C)[C@H](NC(=O)CNC(=O)[C@@H](NC(=O)[C@H](Cc1ccccc1)NC(=O)[C@H](CCC(N)=O)NC(=O)[C@H](CC(C)C)NC(=O)[C@H](Cc1ccc(O)cc1)NC(=O)[C@H](CO)NC(=O)[C@@H]1CCCN1C(=O)[C@H](CC(C)C)NC(=O)[C@@H]1CCCN1C(=O)CN)C(C)C)C(=O)O. The van der Waals surface area contributed by atoms with Crippen molar-refractivity contribution in [1.29, 1.82) is 0 Å². The van der Waals surface area contributed by atoms with Crippen LogP contribution in [0.4, 0.5) is 0 Å². The van der Waals surface area contributed by atoms with Crippen LogP contribution in [0.2, 0.25) is 0 Å². The van der Waals surface area contributed by atoms with E-state index in [1.807, 2.05) is 13.8 Å². The third kappa shape index (κ3) is 23.5. The van der Waals surface area contributed by atoms with Crippen LogP contribution in [-0.4, -0.2) is 195 Å². The van der Waals surface area contributed by atoms with Gasteiger partial charge in [-0.15, -0.1) is 0 Å². The number of phenolic OH excluding ortho intramolecular Hbond substituents is 1. The Morgan fingerprint density at radius 2 is 1.04 bits per heavy atom. The summed E-state index contributed by atoms with van der Waals surface area (Å²) in [6, 6.07) is 0.706. The molecule has 0 aliphatic carbocycles. The number of carbonyl (C=O) groups is 13. The summed E-state index contributed by atoms with van der Waals surface area (Å²) in [5.74, 6) is -12.4. The van der Waals surface area contributed by atoms with E-state index in [1.165, 1.54) is 34.1 Å². The van der Waals surface area contributed by atoms with Gasteiger partial charge in [-0.05, 0) is 91.9 Å². The highest BCUT2D eigenvalue weighted by atomic mass is 16.4. The summed E-state index contributed by atoms with van der Waals surface area (Å²) in [5.41, 5.74) is 12.1. The summed E-state index contributed by atoms with van der Waals surface area (Å²) >= 11 is 0. The number of rotatable bonds is 36. The molecule has 29 nitrogen and oxygen atoms in total. The van der Waals surface area contributed by atoms with Crippen molar-refractivity contribution in [2.75, 3.05) is 32.8 Å². The fourth-order valence-electron chi connectivity index (χ4n) is 10.8. The number of aliphatic hydroxyl groups is 1. The van der Waals surface area contributed by atoms with Crippen LogP contribution in [0.3, 0.4) is 0 Å². The molecule has 2 fully saturated rings. The lowest BCUT2D eigenvalue weighted by Crippen LogP contribution is -2.61. The largest absolute Gasteiger partial charge is 0.508 e. The maximum atomic E-state index is 14.6. The zero-order chi connectivity index (χ0) is 68.5. The Kier molecular flexibility index (Phi) is 30.4. The van der Waals surface area contributed by atoms with Crippen molar-refractivity contribution in [3.63, 3.8) is 0 Å². The van der Waals surface area contributed by atoms with Gasteiger partial charge in [-0.25, -0.2) is 4.79 Å². The van der Waals surface area contributed by atoms with Crippen LogP contribution < -0.4 is 59.3 Å². The number of carbonyl (C=O) groups excluding carboxylic acids is 12. The molecule has 29 heteroatoms. The molecule has 2 aromatic rings.